The first kappa shape index (κ1) is 20.0. The maximum absolute atomic E-state index is 13.1. The van der Waals surface area contributed by atoms with Crippen LogP contribution in [0.5, 0.6) is 0 Å². The highest BCUT2D eigenvalue weighted by atomic mass is 32.1. The lowest BCUT2D eigenvalue weighted by Gasteiger charge is -2.12. The molecule has 0 spiro atoms. The summed E-state index contributed by atoms with van der Waals surface area (Å²) in [6.45, 7) is 0.730. The Labute approximate surface area is 176 Å². The maximum atomic E-state index is 13.1. The summed E-state index contributed by atoms with van der Waals surface area (Å²) in [5.74, 6) is 0.156. The first-order valence-electron chi connectivity index (χ1n) is 9.70. The third-order valence-corrected chi connectivity index (χ3v) is 6.28. The fraction of sp³-hybridized carbons (Fsp3) is 0.350. The molecule has 0 bridgehead atoms. The average molecular weight is 450 g/mol. The Bertz CT molecular complexity index is 1390. The van der Waals surface area contributed by atoms with Crippen LogP contribution in [-0.4, -0.2) is 31.5 Å². The largest absolute Gasteiger partial charge is 0.416 e. The van der Waals surface area contributed by atoms with Gasteiger partial charge >= 0.3 is 11.9 Å². The predicted molar refractivity (Wildman–Crippen MR) is 109 cm³/mol. The molecule has 31 heavy (non-hydrogen) atoms. The van der Waals surface area contributed by atoms with Crippen molar-refractivity contribution in [3.63, 3.8) is 0 Å². The van der Waals surface area contributed by atoms with Crippen molar-refractivity contribution < 1.29 is 17.9 Å². The smallest absolute Gasteiger partial charge is 0.376 e. The molecule has 4 aromatic rings. The van der Waals surface area contributed by atoms with Crippen molar-refractivity contribution >= 4 is 27.3 Å². The van der Waals surface area contributed by atoms with Crippen LogP contribution < -0.4 is 11.2 Å². The average Bonchev–Trinajstić information content (AvgIpc) is 3.46. The topological polar surface area (TPSA) is 70.5 Å². The van der Waals surface area contributed by atoms with E-state index in [9.17, 15) is 22.8 Å². The van der Waals surface area contributed by atoms with Crippen molar-refractivity contribution in [2.24, 2.45) is 0 Å². The van der Waals surface area contributed by atoms with E-state index in [-0.39, 0.29) is 36.1 Å². The van der Waals surface area contributed by atoms with Crippen LogP contribution in [0.2, 0.25) is 0 Å². The molecule has 1 atom stereocenters. The second-order valence-electron chi connectivity index (χ2n) is 7.46. The van der Waals surface area contributed by atoms with Crippen molar-refractivity contribution in [3.8, 4) is 0 Å². The number of hydrogen-bond donors (Lipinski definition) is 0. The van der Waals surface area contributed by atoms with Crippen LogP contribution in [0.3, 0.4) is 0 Å². The highest BCUT2D eigenvalue weighted by molar-refractivity contribution is 7.17. The zero-order valence-corrected chi connectivity index (χ0v) is 16.9. The Morgan fingerprint density at radius 3 is 2.81 bits per heavy atom. The van der Waals surface area contributed by atoms with Crippen LogP contribution in [-0.2, 0) is 24.0 Å². The predicted octanol–water partition coefficient (Wildman–Crippen LogP) is 3.12. The molecule has 0 saturated carbocycles. The van der Waals surface area contributed by atoms with Gasteiger partial charge in [0.1, 0.15) is 4.70 Å². The van der Waals surface area contributed by atoms with E-state index in [1.165, 1.54) is 32.4 Å². The highest BCUT2D eigenvalue weighted by Crippen LogP contribution is 2.29. The number of rotatable bonds is 4. The van der Waals surface area contributed by atoms with E-state index in [2.05, 4.69) is 5.10 Å². The van der Waals surface area contributed by atoms with Crippen molar-refractivity contribution in [2.75, 3.05) is 6.61 Å². The van der Waals surface area contributed by atoms with E-state index in [0.29, 0.717) is 16.8 Å². The van der Waals surface area contributed by atoms with E-state index in [1.807, 2.05) is 0 Å². The summed E-state index contributed by atoms with van der Waals surface area (Å²) in [5.41, 5.74) is -0.845. The molecule has 1 aliphatic rings. The first-order valence-corrected chi connectivity index (χ1v) is 10.6. The highest BCUT2D eigenvalue weighted by Gasteiger charge is 2.30. The standard InChI is InChI=1S/C20H17F3N4O3S/c21-20(22,23)13-4-1-3-12(9-13)10-26-19(29)27-15-6-8-31-16(15)17(28)25(18(27)24-26)11-14-5-2-7-30-14/h1,3-4,6,8-9,14H,2,5,7,10-11H2/t14-/m0/s1. The monoisotopic (exact) mass is 450 g/mol. The zero-order chi connectivity index (χ0) is 21.8. The van der Waals surface area contributed by atoms with E-state index in [1.54, 1.807) is 11.4 Å². The Hall–Kier alpha value is -2.92. The van der Waals surface area contributed by atoms with Crippen LogP contribution in [0.1, 0.15) is 24.0 Å². The summed E-state index contributed by atoms with van der Waals surface area (Å²) in [5, 5.41) is 6.05. The van der Waals surface area contributed by atoms with Gasteiger partial charge in [0.25, 0.3) is 5.56 Å². The lowest BCUT2D eigenvalue weighted by atomic mass is 10.1. The number of hydrogen-bond acceptors (Lipinski definition) is 5. The molecular formula is C20H17F3N4O3S. The lowest BCUT2D eigenvalue weighted by molar-refractivity contribution is -0.137. The van der Waals surface area contributed by atoms with Gasteiger partial charge < -0.3 is 4.74 Å². The Morgan fingerprint density at radius 1 is 1.23 bits per heavy atom. The summed E-state index contributed by atoms with van der Waals surface area (Å²) in [6, 6.07) is 6.44. The number of halogens is 3. The van der Waals surface area contributed by atoms with Gasteiger partial charge in [-0.2, -0.15) is 13.2 Å². The Kier molecular flexibility index (Phi) is 4.74. The van der Waals surface area contributed by atoms with Gasteiger partial charge in [0.2, 0.25) is 5.78 Å². The third-order valence-electron chi connectivity index (χ3n) is 5.39. The minimum Gasteiger partial charge on any atom is -0.376 e. The fourth-order valence-corrected chi connectivity index (χ4v) is 4.74. The molecule has 4 heterocycles. The van der Waals surface area contributed by atoms with Crippen LogP contribution in [0.15, 0.2) is 45.3 Å². The van der Waals surface area contributed by atoms with Crippen molar-refractivity contribution in [1.82, 2.24) is 18.7 Å². The number of alkyl halides is 3. The van der Waals surface area contributed by atoms with Gasteiger partial charge in [-0.15, -0.1) is 16.4 Å². The fourth-order valence-electron chi connectivity index (χ4n) is 3.91. The molecule has 0 radical (unpaired) electrons. The maximum Gasteiger partial charge on any atom is 0.416 e. The Balaban J connectivity index is 1.65. The molecule has 3 aromatic heterocycles. The number of ether oxygens (including phenoxy) is 1. The summed E-state index contributed by atoms with van der Waals surface area (Å²) in [4.78, 5) is 26.2. The molecule has 162 valence electrons. The van der Waals surface area contributed by atoms with Gasteiger partial charge in [-0.3, -0.25) is 9.36 Å². The van der Waals surface area contributed by atoms with E-state index < -0.39 is 17.4 Å². The first-order chi connectivity index (χ1) is 14.8. The van der Waals surface area contributed by atoms with Crippen molar-refractivity contribution in [1.29, 1.82) is 0 Å². The van der Waals surface area contributed by atoms with Crippen LogP contribution in [0, 0.1) is 0 Å². The molecule has 11 heteroatoms. The SMILES string of the molecule is O=c1c2sccc2n2c(=O)n(Cc3cccc(C(F)(F)F)c3)nc2n1C[C@@H]1CCCO1. The molecule has 0 amide bonds. The molecular weight excluding hydrogens is 433 g/mol. The summed E-state index contributed by atoms with van der Waals surface area (Å²) in [7, 11) is 0. The van der Waals surface area contributed by atoms with Crippen LogP contribution in [0.25, 0.3) is 16.0 Å². The van der Waals surface area contributed by atoms with Gasteiger partial charge in [0, 0.05) is 6.61 Å². The van der Waals surface area contributed by atoms with E-state index in [4.69, 9.17) is 4.74 Å². The molecule has 0 unspecified atom stereocenters. The minimum absolute atomic E-state index is 0.149. The molecule has 1 fully saturated rings. The second kappa shape index (κ2) is 7.34. The molecule has 5 rings (SSSR count). The van der Waals surface area contributed by atoms with Gasteiger partial charge in [-0.25, -0.2) is 13.9 Å². The summed E-state index contributed by atoms with van der Waals surface area (Å²) < 4.78 is 49.1. The third kappa shape index (κ3) is 3.47. The molecule has 7 nitrogen and oxygen atoms in total. The molecule has 0 aliphatic carbocycles. The second-order valence-corrected chi connectivity index (χ2v) is 8.38. The van der Waals surface area contributed by atoms with Crippen molar-refractivity contribution in [2.45, 2.75) is 38.2 Å². The quantitative estimate of drug-likeness (QED) is 0.479. The van der Waals surface area contributed by atoms with Crippen LogP contribution >= 0.6 is 11.3 Å². The number of fused-ring (bicyclic) bond motifs is 3. The summed E-state index contributed by atoms with van der Waals surface area (Å²) in [6.07, 6.45) is -2.93. The Morgan fingerprint density at radius 2 is 2.06 bits per heavy atom. The molecule has 1 saturated heterocycles. The van der Waals surface area contributed by atoms with E-state index >= 15 is 0 Å². The van der Waals surface area contributed by atoms with Crippen LogP contribution in [0.4, 0.5) is 13.2 Å². The number of nitrogens with zero attached hydrogens (tertiary/aromatic N) is 4. The number of thiophene rings is 1. The molecule has 1 aliphatic heterocycles. The van der Waals surface area contributed by atoms with Crippen molar-refractivity contribution in [3.05, 3.63) is 67.7 Å². The summed E-state index contributed by atoms with van der Waals surface area (Å²) >= 11 is 1.23. The number of benzene rings is 1. The molecule has 0 N–H and O–H groups in total. The normalized spacial score (nSPS) is 17.2. The minimum atomic E-state index is -4.48. The number of aromatic nitrogens is 4. The van der Waals surface area contributed by atoms with Gasteiger partial charge in [0.15, 0.2) is 0 Å². The van der Waals surface area contributed by atoms with E-state index in [0.717, 1.165) is 29.7 Å². The van der Waals surface area contributed by atoms with Gasteiger partial charge in [0.05, 0.1) is 30.3 Å². The van der Waals surface area contributed by atoms with Gasteiger partial charge in [-0.05, 0) is 42.0 Å². The zero-order valence-electron chi connectivity index (χ0n) is 16.1. The van der Waals surface area contributed by atoms with Gasteiger partial charge in [-0.1, -0.05) is 12.1 Å². The molecule has 1 aromatic carbocycles. The lowest BCUT2D eigenvalue weighted by Crippen LogP contribution is -2.29.